The summed E-state index contributed by atoms with van der Waals surface area (Å²) in [5, 5.41) is 0. The van der Waals surface area contributed by atoms with Gasteiger partial charge in [0.05, 0.1) is 0 Å². The van der Waals surface area contributed by atoms with Crippen LogP contribution >= 0.6 is 0 Å². The van der Waals surface area contributed by atoms with Gasteiger partial charge in [0.2, 0.25) is 0 Å². The van der Waals surface area contributed by atoms with E-state index in [2.05, 4.69) is 12.2 Å². The highest BCUT2D eigenvalue weighted by Crippen LogP contribution is 2.06. The molecule has 2 N–H and O–H groups in total. The summed E-state index contributed by atoms with van der Waals surface area (Å²) < 4.78 is 0. The van der Waals surface area contributed by atoms with E-state index in [-0.39, 0.29) is 0 Å². The maximum atomic E-state index is 5.58. The predicted octanol–water partition coefficient (Wildman–Crippen LogP) is 3.11. The molecule has 0 aliphatic heterocycles. The molecule has 0 saturated carbocycles. The molecule has 0 saturated heterocycles. The van der Waals surface area contributed by atoms with Gasteiger partial charge >= 0.3 is 0 Å². The smallest absolute Gasteiger partial charge is 0.00763 e. The average Bonchev–Trinajstić information content (AvgIpc) is 2.13. The standard InChI is InChI=1S/C6H11N.2C2H6/c7-6-4-2-1-3-5-6;2*1-2/h1-2,6H,3-5,7H2;2*1-2H3/t6-;;/m0../s1. The number of hydrogen-bond acceptors (Lipinski definition) is 1. The second kappa shape index (κ2) is 12.4. The normalized spacial score (nSPS) is 20.6. The van der Waals surface area contributed by atoms with E-state index >= 15 is 0 Å². The first kappa shape index (κ1) is 13.3. The van der Waals surface area contributed by atoms with E-state index in [1.54, 1.807) is 0 Å². The van der Waals surface area contributed by atoms with E-state index in [9.17, 15) is 0 Å². The van der Waals surface area contributed by atoms with Crippen molar-refractivity contribution in [2.75, 3.05) is 0 Å². The molecule has 0 aromatic heterocycles. The molecule has 1 nitrogen and oxygen atoms in total. The third kappa shape index (κ3) is 9.70. The van der Waals surface area contributed by atoms with Crippen molar-refractivity contribution in [3.63, 3.8) is 0 Å². The third-order valence-corrected chi connectivity index (χ3v) is 1.31. The Labute approximate surface area is 71.7 Å². The van der Waals surface area contributed by atoms with Crippen molar-refractivity contribution in [2.45, 2.75) is 53.0 Å². The van der Waals surface area contributed by atoms with Gasteiger partial charge in [-0.15, -0.1) is 0 Å². The van der Waals surface area contributed by atoms with E-state index < -0.39 is 0 Å². The van der Waals surface area contributed by atoms with Gasteiger partial charge in [-0.1, -0.05) is 39.8 Å². The number of rotatable bonds is 0. The third-order valence-electron chi connectivity index (χ3n) is 1.31. The summed E-state index contributed by atoms with van der Waals surface area (Å²) in [6.45, 7) is 8.00. The van der Waals surface area contributed by atoms with Gasteiger partial charge < -0.3 is 5.73 Å². The fourth-order valence-corrected chi connectivity index (χ4v) is 0.817. The van der Waals surface area contributed by atoms with Crippen LogP contribution in [0.1, 0.15) is 47.0 Å². The van der Waals surface area contributed by atoms with Crippen molar-refractivity contribution < 1.29 is 0 Å². The largest absolute Gasteiger partial charge is 0.327 e. The van der Waals surface area contributed by atoms with Crippen molar-refractivity contribution in [3.8, 4) is 0 Å². The molecule has 0 unspecified atom stereocenters. The minimum absolute atomic E-state index is 0.449. The summed E-state index contributed by atoms with van der Waals surface area (Å²) in [5.41, 5.74) is 5.58. The number of allylic oxidation sites excluding steroid dienone is 1. The predicted molar refractivity (Wildman–Crippen MR) is 53.7 cm³/mol. The summed E-state index contributed by atoms with van der Waals surface area (Å²) in [5.74, 6) is 0. The van der Waals surface area contributed by atoms with Crippen molar-refractivity contribution in [2.24, 2.45) is 5.73 Å². The van der Waals surface area contributed by atoms with E-state index in [0.29, 0.717) is 6.04 Å². The molecule has 0 aromatic rings. The number of hydrogen-bond donors (Lipinski definition) is 1. The average molecular weight is 157 g/mol. The van der Waals surface area contributed by atoms with Crippen LogP contribution in [0.3, 0.4) is 0 Å². The molecule has 1 atom stereocenters. The summed E-state index contributed by atoms with van der Waals surface area (Å²) in [4.78, 5) is 0. The molecule has 1 rings (SSSR count). The first-order chi connectivity index (χ1) is 5.39. The van der Waals surface area contributed by atoms with E-state index in [4.69, 9.17) is 5.73 Å². The molecule has 0 amide bonds. The van der Waals surface area contributed by atoms with Crippen molar-refractivity contribution in [1.29, 1.82) is 0 Å². The van der Waals surface area contributed by atoms with Crippen LogP contribution in [0.2, 0.25) is 0 Å². The zero-order valence-corrected chi connectivity index (χ0v) is 8.43. The maximum Gasteiger partial charge on any atom is 0.00763 e. The van der Waals surface area contributed by atoms with Crippen LogP contribution in [0.5, 0.6) is 0 Å². The van der Waals surface area contributed by atoms with Crippen LogP contribution in [0, 0.1) is 0 Å². The van der Waals surface area contributed by atoms with Crippen LogP contribution in [0.15, 0.2) is 12.2 Å². The molecule has 0 radical (unpaired) electrons. The Hall–Kier alpha value is -0.300. The molecule has 68 valence electrons. The lowest BCUT2D eigenvalue weighted by Crippen LogP contribution is -2.19. The topological polar surface area (TPSA) is 26.0 Å². The monoisotopic (exact) mass is 157 g/mol. The lowest BCUT2D eigenvalue weighted by atomic mass is 10.0. The van der Waals surface area contributed by atoms with Gasteiger partial charge in [-0.3, -0.25) is 0 Å². The highest BCUT2D eigenvalue weighted by atomic mass is 14.6. The fourth-order valence-electron chi connectivity index (χ4n) is 0.817. The summed E-state index contributed by atoms with van der Waals surface area (Å²) in [7, 11) is 0. The highest BCUT2D eigenvalue weighted by Gasteiger charge is 2.00. The Morgan fingerprint density at radius 3 is 1.82 bits per heavy atom. The van der Waals surface area contributed by atoms with Gasteiger partial charge in [0.15, 0.2) is 0 Å². The quantitative estimate of drug-likeness (QED) is 0.537. The Balaban J connectivity index is 0. The molecular weight excluding hydrogens is 134 g/mol. The minimum atomic E-state index is 0.449. The molecule has 0 spiro atoms. The van der Waals surface area contributed by atoms with E-state index in [1.165, 1.54) is 12.8 Å². The van der Waals surface area contributed by atoms with Crippen molar-refractivity contribution in [3.05, 3.63) is 12.2 Å². The molecule has 11 heavy (non-hydrogen) atoms. The SMILES string of the molecule is CC.CC.N[C@H]1CC=CCC1. The molecule has 1 aliphatic rings. The molecule has 1 aliphatic carbocycles. The lowest BCUT2D eigenvalue weighted by Gasteiger charge is -2.09. The van der Waals surface area contributed by atoms with Gasteiger partial charge in [-0.2, -0.15) is 0 Å². The molecular formula is C10H23N. The Morgan fingerprint density at radius 2 is 1.64 bits per heavy atom. The number of nitrogens with two attached hydrogens (primary N) is 1. The molecule has 0 aromatic carbocycles. The summed E-state index contributed by atoms with van der Waals surface area (Å²) in [6.07, 6.45) is 7.80. The van der Waals surface area contributed by atoms with Gasteiger partial charge in [-0.05, 0) is 19.3 Å². The molecule has 0 bridgehead atoms. The Morgan fingerprint density at radius 1 is 1.09 bits per heavy atom. The summed E-state index contributed by atoms with van der Waals surface area (Å²) >= 11 is 0. The van der Waals surface area contributed by atoms with Crippen LogP contribution in [-0.4, -0.2) is 6.04 Å². The zero-order valence-electron chi connectivity index (χ0n) is 8.43. The van der Waals surface area contributed by atoms with E-state index in [1.807, 2.05) is 27.7 Å². The fraction of sp³-hybridized carbons (Fsp3) is 0.800. The maximum absolute atomic E-state index is 5.58. The van der Waals surface area contributed by atoms with Crippen molar-refractivity contribution >= 4 is 0 Å². The zero-order chi connectivity index (χ0) is 9.11. The van der Waals surface area contributed by atoms with Gasteiger partial charge in [-0.25, -0.2) is 0 Å². The van der Waals surface area contributed by atoms with Crippen LogP contribution < -0.4 is 5.73 Å². The first-order valence-electron chi connectivity index (χ1n) is 4.80. The second-order valence-electron chi connectivity index (χ2n) is 2.04. The second-order valence-corrected chi connectivity index (χ2v) is 2.04. The van der Waals surface area contributed by atoms with Gasteiger partial charge in [0, 0.05) is 6.04 Å². The molecule has 0 fully saturated rings. The molecule has 1 heteroatoms. The Kier molecular flexibility index (Phi) is 15.0. The molecule has 0 heterocycles. The van der Waals surface area contributed by atoms with E-state index in [0.717, 1.165) is 6.42 Å². The minimum Gasteiger partial charge on any atom is -0.327 e. The van der Waals surface area contributed by atoms with Crippen LogP contribution in [0.4, 0.5) is 0 Å². The van der Waals surface area contributed by atoms with Gasteiger partial charge in [0.1, 0.15) is 0 Å². The van der Waals surface area contributed by atoms with Crippen LogP contribution in [0.25, 0.3) is 0 Å². The van der Waals surface area contributed by atoms with Crippen molar-refractivity contribution in [1.82, 2.24) is 0 Å². The van der Waals surface area contributed by atoms with Gasteiger partial charge in [0.25, 0.3) is 0 Å². The Bertz CT molecular complexity index is 76.9. The highest BCUT2D eigenvalue weighted by molar-refractivity contribution is 4.91. The lowest BCUT2D eigenvalue weighted by molar-refractivity contribution is 0.606. The summed E-state index contributed by atoms with van der Waals surface area (Å²) in [6, 6.07) is 0.449. The van der Waals surface area contributed by atoms with Crippen LogP contribution in [-0.2, 0) is 0 Å². The first-order valence-corrected chi connectivity index (χ1v) is 4.80.